The number of ether oxygens (including phenoxy) is 1. The van der Waals surface area contributed by atoms with Crippen LogP contribution < -0.4 is 0 Å². The fourth-order valence-corrected chi connectivity index (χ4v) is 2.51. The van der Waals surface area contributed by atoms with E-state index in [9.17, 15) is 4.79 Å². The highest BCUT2D eigenvalue weighted by molar-refractivity contribution is 5.89. The highest BCUT2D eigenvalue weighted by Gasteiger charge is 2.30. The van der Waals surface area contributed by atoms with Gasteiger partial charge in [0.05, 0.1) is 5.56 Å². The smallest absolute Gasteiger partial charge is 0.338 e. The Kier molecular flexibility index (Phi) is 4.02. The quantitative estimate of drug-likeness (QED) is 0.753. The maximum Gasteiger partial charge on any atom is 0.338 e. The number of esters is 1. The van der Waals surface area contributed by atoms with Crippen LogP contribution in [0.5, 0.6) is 0 Å². The molecular formula is C15H21NO2. The first-order valence-electron chi connectivity index (χ1n) is 6.56. The number of hydrogen-bond acceptors (Lipinski definition) is 3. The number of carbonyl (C=O) groups is 1. The maximum atomic E-state index is 12.0. The van der Waals surface area contributed by atoms with Crippen molar-refractivity contribution in [2.24, 2.45) is 0 Å². The molecule has 18 heavy (non-hydrogen) atoms. The molecule has 3 nitrogen and oxygen atoms in total. The van der Waals surface area contributed by atoms with E-state index in [-0.39, 0.29) is 12.1 Å². The zero-order valence-electron chi connectivity index (χ0n) is 11.3. The van der Waals surface area contributed by atoms with Gasteiger partial charge >= 0.3 is 5.97 Å². The average Bonchev–Trinajstić information content (AvgIpc) is 2.37. The van der Waals surface area contributed by atoms with Crippen molar-refractivity contribution in [2.45, 2.75) is 44.9 Å². The number of hydrogen-bond donors (Lipinski definition) is 0. The van der Waals surface area contributed by atoms with Crippen LogP contribution in [0.3, 0.4) is 0 Å². The molecule has 0 aromatic heterocycles. The van der Waals surface area contributed by atoms with Crippen LogP contribution in [0.1, 0.15) is 37.0 Å². The van der Waals surface area contributed by atoms with E-state index in [2.05, 4.69) is 25.8 Å². The average molecular weight is 247 g/mol. The molecule has 98 valence electrons. The van der Waals surface area contributed by atoms with Crippen LogP contribution in [-0.2, 0) is 4.74 Å². The number of benzene rings is 1. The van der Waals surface area contributed by atoms with Gasteiger partial charge in [-0.1, -0.05) is 18.2 Å². The highest BCUT2D eigenvalue weighted by atomic mass is 16.5. The zero-order chi connectivity index (χ0) is 13.1. The molecule has 0 N–H and O–H groups in total. The molecule has 1 aromatic carbocycles. The number of carbonyl (C=O) groups excluding carboxylic acids is 1. The summed E-state index contributed by atoms with van der Waals surface area (Å²) in [4.78, 5) is 14.3. The van der Waals surface area contributed by atoms with E-state index < -0.39 is 0 Å². The van der Waals surface area contributed by atoms with Crippen molar-refractivity contribution in [3.05, 3.63) is 35.9 Å². The van der Waals surface area contributed by atoms with Crippen LogP contribution in [-0.4, -0.2) is 36.1 Å². The molecule has 1 saturated heterocycles. The van der Waals surface area contributed by atoms with E-state index >= 15 is 0 Å². The largest absolute Gasteiger partial charge is 0.459 e. The lowest BCUT2D eigenvalue weighted by Gasteiger charge is -2.39. The van der Waals surface area contributed by atoms with E-state index in [4.69, 9.17) is 4.74 Å². The summed E-state index contributed by atoms with van der Waals surface area (Å²) in [7, 11) is 2.13. The SMILES string of the molecule is C[C@H]1CC(OC(=O)c2ccccc2)C[C@H](C)N1C. The first-order chi connectivity index (χ1) is 8.58. The van der Waals surface area contributed by atoms with Crippen molar-refractivity contribution in [3.8, 4) is 0 Å². The van der Waals surface area contributed by atoms with Gasteiger partial charge < -0.3 is 9.64 Å². The van der Waals surface area contributed by atoms with Gasteiger partial charge in [0.2, 0.25) is 0 Å². The lowest BCUT2D eigenvalue weighted by atomic mass is 9.95. The molecule has 2 atom stereocenters. The molecule has 1 fully saturated rings. The van der Waals surface area contributed by atoms with E-state index in [1.807, 2.05) is 18.2 Å². The molecule has 0 spiro atoms. The van der Waals surface area contributed by atoms with Crippen molar-refractivity contribution < 1.29 is 9.53 Å². The van der Waals surface area contributed by atoms with Crippen molar-refractivity contribution in [2.75, 3.05) is 7.05 Å². The molecule has 0 unspecified atom stereocenters. The van der Waals surface area contributed by atoms with E-state index in [1.54, 1.807) is 12.1 Å². The van der Waals surface area contributed by atoms with Crippen LogP contribution >= 0.6 is 0 Å². The lowest BCUT2D eigenvalue weighted by molar-refractivity contribution is -0.00969. The van der Waals surface area contributed by atoms with Gasteiger partial charge in [-0.3, -0.25) is 0 Å². The van der Waals surface area contributed by atoms with Gasteiger partial charge in [-0.2, -0.15) is 0 Å². The van der Waals surface area contributed by atoms with Crippen molar-refractivity contribution >= 4 is 5.97 Å². The Labute approximate surface area is 109 Å². The molecule has 0 bridgehead atoms. The molecule has 0 saturated carbocycles. The molecule has 0 aliphatic carbocycles. The van der Waals surface area contributed by atoms with Crippen LogP contribution in [0.4, 0.5) is 0 Å². The third-order valence-electron chi connectivity index (χ3n) is 3.88. The molecule has 0 radical (unpaired) electrons. The Hall–Kier alpha value is -1.35. The summed E-state index contributed by atoms with van der Waals surface area (Å²) in [6.45, 7) is 4.36. The Morgan fingerprint density at radius 3 is 2.28 bits per heavy atom. The Balaban J connectivity index is 1.96. The molecule has 1 aliphatic heterocycles. The zero-order valence-corrected chi connectivity index (χ0v) is 11.3. The minimum Gasteiger partial charge on any atom is -0.459 e. The van der Waals surface area contributed by atoms with Gasteiger partial charge in [0, 0.05) is 12.1 Å². The van der Waals surface area contributed by atoms with E-state index in [0.29, 0.717) is 17.6 Å². The minimum absolute atomic E-state index is 0.0407. The Morgan fingerprint density at radius 1 is 1.17 bits per heavy atom. The van der Waals surface area contributed by atoms with Crippen LogP contribution in [0.2, 0.25) is 0 Å². The van der Waals surface area contributed by atoms with Gasteiger partial charge in [-0.15, -0.1) is 0 Å². The summed E-state index contributed by atoms with van der Waals surface area (Å²) in [5, 5.41) is 0. The molecule has 2 rings (SSSR count). The topological polar surface area (TPSA) is 29.5 Å². The van der Waals surface area contributed by atoms with Crippen molar-refractivity contribution in [1.29, 1.82) is 0 Å². The van der Waals surface area contributed by atoms with Gasteiger partial charge in [-0.05, 0) is 45.9 Å². The van der Waals surface area contributed by atoms with Gasteiger partial charge in [0.15, 0.2) is 0 Å². The highest BCUT2D eigenvalue weighted by Crippen LogP contribution is 2.24. The molecule has 1 heterocycles. The number of rotatable bonds is 2. The fraction of sp³-hybridized carbons (Fsp3) is 0.533. The predicted octanol–water partition coefficient (Wildman–Crippen LogP) is 2.71. The summed E-state index contributed by atoms with van der Waals surface area (Å²) in [6.07, 6.45) is 1.87. The molecule has 1 aromatic rings. The minimum atomic E-state index is -0.204. The third kappa shape index (κ3) is 2.91. The molecule has 0 amide bonds. The predicted molar refractivity (Wildman–Crippen MR) is 71.6 cm³/mol. The number of piperidine rings is 1. The standard InChI is InChI=1S/C15H21NO2/c1-11-9-14(10-12(2)16(11)3)18-15(17)13-7-5-4-6-8-13/h4-8,11-12,14H,9-10H2,1-3H3/t11-,12-/m0/s1. The number of nitrogens with zero attached hydrogens (tertiary/aromatic N) is 1. The Bertz CT molecular complexity index is 392. The summed E-state index contributed by atoms with van der Waals surface area (Å²) < 4.78 is 5.60. The van der Waals surface area contributed by atoms with Gasteiger partial charge in [0.25, 0.3) is 0 Å². The van der Waals surface area contributed by atoms with Crippen LogP contribution in [0.25, 0.3) is 0 Å². The monoisotopic (exact) mass is 247 g/mol. The maximum absolute atomic E-state index is 12.0. The van der Waals surface area contributed by atoms with E-state index in [1.165, 1.54) is 0 Å². The second-order valence-corrected chi connectivity index (χ2v) is 5.23. The fourth-order valence-electron chi connectivity index (χ4n) is 2.51. The number of likely N-dealkylation sites (tertiary alicyclic amines) is 1. The first kappa shape index (κ1) is 13.1. The molecular weight excluding hydrogens is 226 g/mol. The third-order valence-corrected chi connectivity index (χ3v) is 3.88. The van der Waals surface area contributed by atoms with Crippen molar-refractivity contribution in [1.82, 2.24) is 4.90 Å². The second-order valence-electron chi connectivity index (χ2n) is 5.23. The van der Waals surface area contributed by atoms with E-state index in [0.717, 1.165) is 12.8 Å². The normalized spacial score (nSPS) is 28.9. The van der Waals surface area contributed by atoms with Gasteiger partial charge in [0.1, 0.15) is 6.10 Å². The summed E-state index contributed by atoms with van der Waals surface area (Å²) >= 11 is 0. The molecule has 1 aliphatic rings. The van der Waals surface area contributed by atoms with Gasteiger partial charge in [-0.25, -0.2) is 4.79 Å². The van der Waals surface area contributed by atoms with Crippen LogP contribution in [0, 0.1) is 0 Å². The summed E-state index contributed by atoms with van der Waals surface area (Å²) in [6, 6.07) is 10.1. The lowest BCUT2D eigenvalue weighted by Crippen LogP contribution is -2.46. The Morgan fingerprint density at radius 2 is 1.72 bits per heavy atom. The second kappa shape index (κ2) is 5.53. The first-order valence-corrected chi connectivity index (χ1v) is 6.56. The molecule has 3 heteroatoms. The van der Waals surface area contributed by atoms with Crippen molar-refractivity contribution in [3.63, 3.8) is 0 Å². The summed E-state index contributed by atoms with van der Waals surface area (Å²) in [5.74, 6) is -0.204. The summed E-state index contributed by atoms with van der Waals surface area (Å²) in [5.41, 5.74) is 0.636. The van der Waals surface area contributed by atoms with Crippen LogP contribution in [0.15, 0.2) is 30.3 Å².